The zero-order valence-corrected chi connectivity index (χ0v) is 12.1. The number of carbonyl (C=O) groups is 1. The fourth-order valence-electron chi connectivity index (χ4n) is 1.26. The maximum Gasteiger partial charge on any atom is 0.151 e. The van der Waals surface area contributed by atoms with Crippen molar-refractivity contribution in [3.05, 3.63) is 28.8 Å². The van der Waals surface area contributed by atoms with Crippen LogP contribution in [0.5, 0.6) is 5.75 Å². The third kappa shape index (κ3) is 6.62. The number of benzene rings is 1. The molecule has 0 aliphatic rings. The molecule has 0 aromatic heterocycles. The van der Waals surface area contributed by atoms with Crippen LogP contribution in [0.15, 0.2) is 18.2 Å². The molecule has 0 aliphatic heterocycles. The van der Waals surface area contributed by atoms with Crippen molar-refractivity contribution in [3.8, 4) is 5.75 Å². The van der Waals surface area contributed by atoms with Crippen LogP contribution >= 0.6 is 11.6 Å². The van der Waals surface area contributed by atoms with Gasteiger partial charge in [-0.05, 0) is 37.7 Å². The Morgan fingerprint density at radius 1 is 1.39 bits per heavy atom. The Morgan fingerprint density at radius 2 is 2.11 bits per heavy atom. The van der Waals surface area contributed by atoms with Crippen molar-refractivity contribution in [1.29, 1.82) is 0 Å². The average molecular weight is 272 g/mol. The lowest BCUT2D eigenvalue weighted by molar-refractivity contribution is 0.112. The second-order valence-corrected chi connectivity index (χ2v) is 3.76. The monoisotopic (exact) mass is 271 g/mol. The van der Waals surface area contributed by atoms with E-state index in [0.29, 0.717) is 22.9 Å². The summed E-state index contributed by atoms with van der Waals surface area (Å²) in [6.07, 6.45) is 1.68. The Bertz CT molecular complexity index is 343. The van der Waals surface area contributed by atoms with Crippen molar-refractivity contribution in [2.75, 3.05) is 19.7 Å². The van der Waals surface area contributed by atoms with Crippen LogP contribution in [-0.4, -0.2) is 26.0 Å². The van der Waals surface area contributed by atoms with Gasteiger partial charge in [0.05, 0.1) is 11.6 Å². The van der Waals surface area contributed by atoms with E-state index in [-0.39, 0.29) is 0 Å². The molecular formula is C14H22ClNO2. The molecule has 102 valence electrons. The fourth-order valence-corrected chi connectivity index (χ4v) is 1.47. The molecule has 0 heterocycles. The van der Waals surface area contributed by atoms with Gasteiger partial charge in [-0.3, -0.25) is 4.79 Å². The summed E-state index contributed by atoms with van der Waals surface area (Å²) in [6.45, 7) is 8.62. The highest BCUT2D eigenvalue weighted by Crippen LogP contribution is 2.21. The molecule has 0 atom stereocenters. The van der Waals surface area contributed by atoms with Crippen LogP contribution in [0.3, 0.4) is 0 Å². The minimum Gasteiger partial charge on any atom is -0.493 e. The Labute approximate surface area is 114 Å². The summed E-state index contributed by atoms with van der Waals surface area (Å²) in [5, 5.41) is 3.64. The smallest absolute Gasteiger partial charge is 0.151 e. The van der Waals surface area contributed by atoms with Crippen molar-refractivity contribution >= 4 is 17.9 Å². The molecule has 1 aromatic rings. The van der Waals surface area contributed by atoms with Crippen LogP contribution in [0.2, 0.25) is 5.02 Å². The van der Waals surface area contributed by atoms with Gasteiger partial charge in [0.2, 0.25) is 0 Å². The maximum atomic E-state index is 10.5. The summed E-state index contributed by atoms with van der Waals surface area (Å²) in [6, 6.07) is 5.08. The van der Waals surface area contributed by atoms with E-state index in [4.69, 9.17) is 16.3 Å². The molecule has 4 heteroatoms. The number of rotatable bonds is 7. The standard InChI is InChI=1S/C12H16ClNO2.C2H6/c1-2-14-6-3-7-16-11-5-4-10(9-15)12(13)8-11;1-2/h4-5,8-9,14H,2-3,6-7H2,1H3;1-2H3. The second kappa shape index (κ2) is 11.1. The zero-order chi connectivity index (χ0) is 13.8. The van der Waals surface area contributed by atoms with Gasteiger partial charge in [0, 0.05) is 5.56 Å². The molecule has 0 amide bonds. The number of hydrogen-bond acceptors (Lipinski definition) is 3. The van der Waals surface area contributed by atoms with Crippen molar-refractivity contribution in [1.82, 2.24) is 5.32 Å². The van der Waals surface area contributed by atoms with Gasteiger partial charge in [-0.25, -0.2) is 0 Å². The molecule has 1 N–H and O–H groups in total. The van der Waals surface area contributed by atoms with Gasteiger partial charge < -0.3 is 10.1 Å². The topological polar surface area (TPSA) is 38.3 Å². The Morgan fingerprint density at radius 3 is 2.67 bits per heavy atom. The van der Waals surface area contributed by atoms with Crippen LogP contribution in [0.1, 0.15) is 37.6 Å². The van der Waals surface area contributed by atoms with Gasteiger partial charge in [0.1, 0.15) is 5.75 Å². The summed E-state index contributed by atoms with van der Waals surface area (Å²) in [4.78, 5) is 10.5. The molecule has 0 spiro atoms. The SMILES string of the molecule is CC.CCNCCCOc1ccc(C=O)c(Cl)c1. The van der Waals surface area contributed by atoms with E-state index < -0.39 is 0 Å². The highest BCUT2D eigenvalue weighted by Gasteiger charge is 2.01. The number of halogens is 1. The third-order valence-electron chi connectivity index (χ3n) is 2.12. The highest BCUT2D eigenvalue weighted by atomic mass is 35.5. The van der Waals surface area contributed by atoms with E-state index in [1.54, 1.807) is 18.2 Å². The van der Waals surface area contributed by atoms with E-state index >= 15 is 0 Å². The number of nitrogens with one attached hydrogen (secondary N) is 1. The first-order valence-electron chi connectivity index (χ1n) is 6.36. The van der Waals surface area contributed by atoms with Crippen LogP contribution in [-0.2, 0) is 0 Å². The molecule has 1 rings (SSSR count). The summed E-state index contributed by atoms with van der Waals surface area (Å²) in [7, 11) is 0. The summed E-state index contributed by atoms with van der Waals surface area (Å²) in [5.41, 5.74) is 0.488. The van der Waals surface area contributed by atoms with E-state index in [1.807, 2.05) is 13.8 Å². The Hall–Kier alpha value is -1.06. The Kier molecular flexibility index (Phi) is 10.4. The van der Waals surface area contributed by atoms with Gasteiger partial charge in [0.15, 0.2) is 6.29 Å². The highest BCUT2D eigenvalue weighted by molar-refractivity contribution is 6.33. The molecule has 3 nitrogen and oxygen atoms in total. The molecule has 0 unspecified atom stereocenters. The van der Waals surface area contributed by atoms with Crippen LogP contribution in [0, 0.1) is 0 Å². The predicted molar refractivity (Wildman–Crippen MR) is 76.8 cm³/mol. The first-order valence-corrected chi connectivity index (χ1v) is 6.74. The number of aldehydes is 1. The fraction of sp³-hybridized carbons (Fsp3) is 0.500. The molecule has 0 fully saturated rings. The first-order chi connectivity index (χ1) is 8.77. The molecule has 1 aromatic carbocycles. The zero-order valence-electron chi connectivity index (χ0n) is 11.3. The van der Waals surface area contributed by atoms with Crippen molar-refractivity contribution in [2.45, 2.75) is 27.2 Å². The maximum absolute atomic E-state index is 10.5. The number of carbonyl (C=O) groups excluding carboxylic acids is 1. The number of hydrogen-bond donors (Lipinski definition) is 1. The minimum atomic E-state index is 0.430. The molecule has 0 saturated heterocycles. The van der Waals surface area contributed by atoms with Crippen LogP contribution < -0.4 is 10.1 Å². The quantitative estimate of drug-likeness (QED) is 0.609. The average Bonchev–Trinajstić information content (AvgIpc) is 2.41. The summed E-state index contributed by atoms with van der Waals surface area (Å²) >= 11 is 5.87. The normalized spacial score (nSPS) is 9.33. The van der Waals surface area contributed by atoms with Gasteiger partial charge in [-0.1, -0.05) is 32.4 Å². The molecule has 0 radical (unpaired) electrons. The Balaban J connectivity index is 0.00000137. The molecular weight excluding hydrogens is 250 g/mol. The van der Waals surface area contributed by atoms with Crippen LogP contribution in [0.25, 0.3) is 0 Å². The summed E-state index contributed by atoms with van der Waals surface area (Å²) in [5.74, 6) is 0.701. The van der Waals surface area contributed by atoms with Gasteiger partial charge in [-0.2, -0.15) is 0 Å². The largest absolute Gasteiger partial charge is 0.493 e. The van der Waals surface area contributed by atoms with E-state index in [1.165, 1.54) is 0 Å². The van der Waals surface area contributed by atoms with Crippen molar-refractivity contribution in [2.24, 2.45) is 0 Å². The molecule has 0 bridgehead atoms. The third-order valence-corrected chi connectivity index (χ3v) is 2.44. The minimum absolute atomic E-state index is 0.430. The van der Waals surface area contributed by atoms with Crippen molar-refractivity contribution in [3.63, 3.8) is 0 Å². The lowest BCUT2D eigenvalue weighted by Gasteiger charge is -2.07. The molecule has 18 heavy (non-hydrogen) atoms. The van der Waals surface area contributed by atoms with E-state index in [9.17, 15) is 4.79 Å². The first kappa shape index (κ1) is 16.9. The summed E-state index contributed by atoms with van der Waals surface area (Å²) < 4.78 is 5.49. The van der Waals surface area contributed by atoms with Gasteiger partial charge in [-0.15, -0.1) is 0 Å². The number of ether oxygens (including phenoxy) is 1. The van der Waals surface area contributed by atoms with Crippen LogP contribution in [0.4, 0.5) is 0 Å². The van der Waals surface area contributed by atoms with Gasteiger partial charge in [0.25, 0.3) is 0 Å². The van der Waals surface area contributed by atoms with Crippen molar-refractivity contribution < 1.29 is 9.53 Å². The molecule has 0 saturated carbocycles. The molecule has 0 aliphatic carbocycles. The lowest BCUT2D eigenvalue weighted by Crippen LogP contribution is -2.16. The van der Waals surface area contributed by atoms with E-state index in [2.05, 4.69) is 12.2 Å². The lowest BCUT2D eigenvalue weighted by atomic mass is 10.2. The van der Waals surface area contributed by atoms with Gasteiger partial charge >= 0.3 is 0 Å². The van der Waals surface area contributed by atoms with E-state index in [0.717, 1.165) is 25.8 Å². The second-order valence-electron chi connectivity index (χ2n) is 3.36. The predicted octanol–water partition coefficient (Wildman–Crippen LogP) is 3.56.